The van der Waals surface area contributed by atoms with Gasteiger partial charge in [-0.2, -0.15) is 0 Å². The molecule has 20 heavy (non-hydrogen) atoms. The zero-order valence-electron chi connectivity index (χ0n) is 12.2. The Labute approximate surface area is 120 Å². The Morgan fingerprint density at radius 1 is 1.35 bits per heavy atom. The Morgan fingerprint density at radius 3 is 2.95 bits per heavy atom. The van der Waals surface area contributed by atoms with Gasteiger partial charge in [-0.05, 0) is 37.3 Å². The van der Waals surface area contributed by atoms with E-state index in [-0.39, 0.29) is 12.0 Å². The molecule has 0 aliphatic carbocycles. The first kappa shape index (κ1) is 13.6. The van der Waals surface area contributed by atoms with Crippen LogP contribution in [0.1, 0.15) is 42.7 Å². The van der Waals surface area contributed by atoms with Gasteiger partial charge < -0.3 is 9.64 Å². The van der Waals surface area contributed by atoms with Gasteiger partial charge in [0.1, 0.15) is 0 Å². The first-order valence-electron chi connectivity index (χ1n) is 7.69. The molecule has 0 N–H and O–H groups in total. The van der Waals surface area contributed by atoms with Crippen LogP contribution in [0.4, 0.5) is 0 Å². The maximum atomic E-state index is 12.3. The molecule has 108 valence electrons. The van der Waals surface area contributed by atoms with Gasteiger partial charge >= 0.3 is 0 Å². The minimum atomic E-state index is 0.167. The maximum absolute atomic E-state index is 12.3. The van der Waals surface area contributed by atoms with Gasteiger partial charge in [0, 0.05) is 25.6 Å². The van der Waals surface area contributed by atoms with E-state index in [0.29, 0.717) is 12.3 Å². The molecule has 2 fully saturated rings. The van der Waals surface area contributed by atoms with Crippen molar-refractivity contribution in [2.24, 2.45) is 0 Å². The Morgan fingerprint density at radius 2 is 2.20 bits per heavy atom. The molecular weight excluding hydrogens is 250 g/mol. The molecule has 0 radical (unpaired) electrons. The summed E-state index contributed by atoms with van der Waals surface area (Å²) in [5, 5.41) is 0. The van der Waals surface area contributed by atoms with Crippen molar-refractivity contribution in [2.75, 3.05) is 19.7 Å². The number of benzene rings is 1. The molecule has 1 amide bonds. The van der Waals surface area contributed by atoms with Gasteiger partial charge in [0.25, 0.3) is 0 Å². The highest BCUT2D eigenvalue weighted by Gasteiger charge is 2.30. The summed E-state index contributed by atoms with van der Waals surface area (Å²) in [5.41, 5.74) is 2.74. The summed E-state index contributed by atoms with van der Waals surface area (Å²) in [4.78, 5) is 14.3. The van der Waals surface area contributed by atoms with Crippen LogP contribution >= 0.6 is 0 Å². The highest BCUT2D eigenvalue weighted by molar-refractivity contribution is 5.77. The fourth-order valence-corrected chi connectivity index (χ4v) is 3.41. The summed E-state index contributed by atoms with van der Waals surface area (Å²) in [6.45, 7) is 4.75. The average molecular weight is 273 g/mol. The summed E-state index contributed by atoms with van der Waals surface area (Å²) < 4.78 is 5.57. The van der Waals surface area contributed by atoms with E-state index >= 15 is 0 Å². The topological polar surface area (TPSA) is 29.5 Å². The van der Waals surface area contributed by atoms with Crippen molar-refractivity contribution < 1.29 is 9.53 Å². The predicted molar refractivity (Wildman–Crippen MR) is 78.7 cm³/mol. The van der Waals surface area contributed by atoms with Crippen LogP contribution in [0.2, 0.25) is 0 Å². The standard InChI is InChI=1S/C17H23NO2/c1-13-5-2-3-7-16(13)14-8-9-18(12-14)17(19)11-15-6-4-10-20-15/h2-3,5,7,14-15H,4,6,8-12H2,1H3/t14-,15-/m1/s1. The average Bonchev–Trinajstić information content (AvgIpc) is 3.10. The van der Waals surface area contributed by atoms with Crippen molar-refractivity contribution in [3.05, 3.63) is 35.4 Å². The second-order valence-corrected chi connectivity index (χ2v) is 6.02. The molecule has 2 saturated heterocycles. The molecule has 3 nitrogen and oxygen atoms in total. The third kappa shape index (κ3) is 2.88. The van der Waals surface area contributed by atoms with Gasteiger partial charge in [-0.3, -0.25) is 4.79 Å². The molecule has 0 unspecified atom stereocenters. The lowest BCUT2D eigenvalue weighted by atomic mass is 9.94. The minimum Gasteiger partial charge on any atom is -0.378 e. The predicted octanol–water partition coefficient (Wildman–Crippen LogP) is 2.88. The maximum Gasteiger partial charge on any atom is 0.225 e. The van der Waals surface area contributed by atoms with Crippen LogP contribution in [-0.2, 0) is 9.53 Å². The molecule has 3 rings (SSSR count). The molecule has 2 aliphatic heterocycles. The van der Waals surface area contributed by atoms with Gasteiger partial charge in [0.2, 0.25) is 5.91 Å². The molecule has 2 heterocycles. The lowest BCUT2D eigenvalue weighted by Crippen LogP contribution is -2.31. The number of carbonyl (C=O) groups is 1. The highest BCUT2D eigenvalue weighted by atomic mass is 16.5. The van der Waals surface area contributed by atoms with E-state index in [0.717, 1.165) is 39.0 Å². The molecule has 1 aromatic carbocycles. The van der Waals surface area contributed by atoms with Gasteiger partial charge in [0.05, 0.1) is 12.5 Å². The van der Waals surface area contributed by atoms with E-state index in [9.17, 15) is 4.79 Å². The molecular formula is C17H23NO2. The van der Waals surface area contributed by atoms with Crippen molar-refractivity contribution in [2.45, 2.75) is 44.6 Å². The van der Waals surface area contributed by atoms with E-state index in [4.69, 9.17) is 4.74 Å². The first-order chi connectivity index (χ1) is 9.74. The number of amides is 1. The fraction of sp³-hybridized carbons (Fsp3) is 0.588. The second-order valence-electron chi connectivity index (χ2n) is 6.02. The Hall–Kier alpha value is -1.35. The summed E-state index contributed by atoms with van der Waals surface area (Å²) in [5.74, 6) is 0.776. The molecule has 0 bridgehead atoms. The SMILES string of the molecule is Cc1ccccc1[C@@H]1CCN(C(=O)C[C@H]2CCCO2)C1. The van der Waals surface area contributed by atoms with E-state index < -0.39 is 0 Å². The van der Waals surface area contributed by atoms with Crippen molar-refractivity contribution in [1.29, 1.82) is 0 Å². The van der Waals surface area contributed by atoms with Gasteiger partial charge in [-0.1, -0.05) is 24.3 Å². The van der Waals surface area contributed by atoms with Gasteiger partial charge in [-0.15, -0.1) is 0 Å². The lowest BCUT2D eigenvalue weighted by molar-refractivity contribution is -0.132. The van der Waals surface area contributed by atoms with Gasteiger partial charge in [-0.25, -0.2) is 0 Å². The van der Waals surface area contributed by atoms with Crippen LogP contribution in [0, 0.1) is 6.92 Å². The summed E-state index contributed by atoms with van der Waals surface area (Å²) in [7, 11) is 0. The van der Waals surface area contributed by atoms with Crippen LogP contribution in [0.25, 0.3) is 0 Å². The third-order valence-corrected chi connectivity index (χ3v) is 4.60. The van der Waals surface area contributed by atoms with E-state index in [1.165, 1.54) is 11.1 Å². The quantitative estimate of drug-likeness (QED) is 0.847. The monoisotopic (exact) mass is 273 g/mol. The number of nitrogens with zero attached hydrogens (tertiary/aromatic N) is 1. The second kappa shape index (κ2) is 5.96. The van der Waals surface area contributed by atoms with Crippen LogP contribution in [0.15, 0.2) is 24.3 Å². The minimum absolute atomic E-state index is 0.167. The van der Waals surface area contributed by atoms with Crippen molar-refractivity contribution in [1.82, 2.24) is 4.90 Å². The van der Waals surface area contributed by atoms with Crippen LogP contribution in [-0.4, -0.2) is 36.6 Å². The Bertz CT molecular complexity index is 480. The van der Waals surface area contributed by atoms with E-state index in [2.05, 4.69) is 31.2 Å². The first-order valence-corrected chi connectivity index (χ1v) is 7.69. The lowest BCUT2D eigenvalue weighted by Gasteiger charge is -2.19. The van der Waals surface area contributed by atoms with E-state index in [1.54, 1.807) is 0 Å². The Kier molecular flexibility index (Phi) is 4.06. The number of likely N-dealkylation sites (tertiary alicyclic amines) is 1. The van der Waals surface area contributed by atoms with Crippen LogP contribution < -0.4 is 0 Å². The number of hydrogen-bond acceptors (Lipinski definition) is 2. The van der Waals surface area contributed by atoms with Crippen LogP contribution in [0.5, 0.6) is 0 Å². The molecule has 0 spiro atoms. The van der Waals surface area contributed by atoms with Gasteiger partial charge in [0.15, 0.2) is 0 Å². The zero-order valence-corrected chi connectivity index (χ0v) is 12.2. The summed E-state index contributed by atoms with van der Waals surface area (Å²) in [6.07, 6.45) is 3.97. The number of carbonyl (C=O) groups excluding carboxylic acids is 1. The van der Waals surface area contributed by atoms with Crippen molar-refractivity contribution >= 4 is 5.91 Å². The fourth-order valence-electron chi connectivity index (χ4n) is 3.41. The van der Waals surface area contributed by atoms with Crippen molar-refractivity contribution in [3.8, 4) is 0 Å². The molecule has 1 aromatic rings. The zero-order chi connectivity index (χ0) is 13.9. The number of hydrogen-bond donors (Lipinski definition) is 0. The summed E-state index contributed by atoms with van der Waals surface area (Å²) >= 11 is 0. The molecule has 0 saturated carbocycles. The number of ether oxygens (including phenoxy) is 1. The molecule has 3 heteroatoms. The smallest absolute Gasteiger partial charge is 0.225 e. The normalized spacial score (nSPS) is 26.1. The largest absolute Gasteiger partial charge is 0.378 e. The number of rotatable bonds is 3. The Balaban J connectivity index is 1.59. The third-order valence-electron chi connectivity index (χ3n) is 4.60. The van der Waals surface area contributed by atoms with Crippen LogP contribution in [0.3, 0.4) is 0 Å². The molecule has 2 atom stereocenters. The van der Waals surface area contributed by atoms with E-state index in [1.807, 2.05) is 4.90 Å². The summed E-state index contributed by atoms with van der Waals surface area (Å²) in [6, 6.07) is 8.54. The highest BCUT2D eigenvalue weighted by Crippen LogP contribution is 2.30. The van der Waals surface area contributed by atoms with Crippen molar-refractivity contribution in [3.63, 3.8) is 0 Å². The molecule has 2 aliphatic rings. The number of aryl methyl sites for hydroxylation is 1. The molecule has 0 aromatic heterocycles.